The monoisotopic (exact) mass is 512 g/mol. The van der Waals surface area contributed by atoms with Gasteiger partial charge in [0.25, 0.3) is 0 Å². The number of nitrogens with zero attached hydrogens (tertiary/aromatic N) is 7. The number of hydrogen-bond acceptors (Lipinski definition) is 7. The van der Waals surface area contributed by atoms with E-state index < -0.39 is 5.82 Å². The molecule has 1 amide bonds. The predicted molar refractivity (Wildman–Crippen MR) is 140 cm³/mol. The molecule has 0 radical (unpaired) electrons. The molecule has 1 fully saturated rings. The van der Waals surface area contributed by atoms with Crippen LogP contribution >= 0.6 is 11.3 Å². The van der Waals surface area contributed by atoms with Crippen LogP contribution in [0.15, 0.2) is 48.2 Å². The molecule has 0 unspecified atom stereocenters. The molecule has 0 spiro atoms. The minimum Gasteiger partial charge on any atom is -0.383 e. The Morgan fingerprint density at radius 1 is 1.30 bits per heavy atom. The number of aromatic nitrogens is 6. The van der Waals surface area contributed by atoms with Crippen LogP contribution in [0.25, 0.3) is 33.2 Å². The number of nitrogen functional groups attached to an aromatic ring is 1. The smallest absolute Gasteiger partial charge is 0.246 e. The summed E-state index contributed by atoms with van der Waals surface area (Å²) in [6, 6.07) is 2.93. The number of likely N-dealkylation sites (tertiary alicyclic amines) is 1. The Kier molecular flexibility index (Phi) is 5.46. The first-order valence-electron chi connectivity index (χ1n) is 11.5. The van der Waals surface area contributed by atoms with Crippen LogP contribution < -0.4 is 5.73 Å². The molecule has 5 heterocycles. The summed E-state index contributed by atoms with van der Waals surface area (Å²) in [5.41, 5.74) is 12.3. The van der Waals surface area contributed by atoms with Crippen molar-refractivity contribution in [2.24, 2.45) is 7.05 Å². The zero-order chi connectivity index (χ0) is 25.7. The average Bonchev–Trinajstić information content (AvgIpc) is 3.70. The molecule has 6 rings (SSSR count). The Labute approximate surface area is 215 Å². The molecule has 0 saturated carbocycles. The number of halogens is 1. The Bertz CT molecular complexity index is 1760. The number of carbonyl (C=O) groups excluding carboxylic acids is 1. The molecule has 1 atom stereocenters. The lowest BCUT2D eigenvalue weighted by Crippen LogP contribution is -2.27. The molecule has 5 aromatic rings. The molecule has 0 bridgehead atoms. The van der Waals surface area contributed by atoms with Crippen LogP contribution in [-0.2, 0) is 11.8 Å². The topological polar surface area (TPSA) is 108 Å². The number of rotatable bonds is 3. The summed E-state index contributed by atoms with van der Waals surface area (Å²) in [6.45, 7) is 4.65. The van der Waals surface area contributed by atoms with Crippen molar-refractivity contribution in [2.45, 2.75) is 12.5 Å². The van der Waals surface area contributed by atoms with E-state index in [-0.39, 0.29) is 23.3 Å². The lowest BCUT2D eigenvalue weighted by molar-refractivity contribution is -0.125. The largest absolute Gasteiger partial charge is 0.383 e. The van der Waals surface area contributed by atoms with Crippen molar-refractivity contribution in [1.29, 1.82) is 0 Å². The number of pyridine rings is 1. The van der Waals surface area contributed by atoms with Crippen molar-refractivity contribution in [3.05, 3.63) is 65.3 Å². The number of carbonyl (C=O) groups is 1. The molecule has 2 N–H and O–H groups in total. The SMILES string of the molecule is C=CC(=O)N1CC[C@H](n2nc(C#Cc3cc4ncn(C)c4cc3F)c3c(N)ncc(-c4cscn4)c32)C1. The molecule has 1 aliphatic heterocycles. The summed E-state index contributed by atoms with van der Waals surface area (Å²) in [4.78, 5) is 27.1. The molecule has 9 nitrogen and oxygen atoms in total. The molecule has 11 heteroatoms. The Balaban J connectivity index is 1.52. The fourth-order valence-electron chi connectivity index (χ4n) is 4.72. The zero-order valence-corrected chi connectivity index (χ0v) is 20.7. The van der Waals surface area contributed by atoms with Gasteiger partial charge >= 0.3 is 0 Å². The fraction of sp³-hybridized carbons (Fsp3) is 0.192. The molecule has 1 saturated heterocycles. The van der Waals surface area contributed by atoms with Gasteiger partial charge in [-0.3, -0.25) is 9.48 Å². The third kappa shape index (κ3) is 3.82. The molecule has 0 aliphatic carbocycles. The van der Waals surface area contributed by atoms with Gasteiger partial charge in [0.15, 0.2) is 0 Å². The van der Waals surface area contributed by atoms with Crippen molar-refractivity contribution in [3.63, 3.8) is 0 Å². The molecular weight excluding hydrogens is 491 g/mol. The Hall–Kier alpha value is -4.56. The Morgan fingerprint density at radius 3 is 2.95 bits per heavy atom. The van der Waals surface area contributed by atoms with Gasteiger partial charge in [0.05, 0.1) is 51.1 Å². The van der Waals surface area contributed by atoms with E-state index in [2.05, 4.69) is 33.4 Å². The van der Waals surface area contributed by atoms with Crippen LogP contribution in [0.2, 0.25) is 0 Å². The highest BCUT2D eigenvalue weighted by atomic mass is 32.1. The summed E-state index contributed by atoms with van der Waals surface area (Å²) in [7, 11) is 1.81. The normalized spacial score (nSPS) is 15.3. The van der Waals surface area contributed by atoms with E-state index in [1.165, 1.54) is 23.5 Å². The lowest BCUT2D eigenvalue weighted by Gasteiger charge is -2.16. The maximum absolute atomic E-state index is 14.9. The second-order valence-corrected chi connectivity index (χ2v) is 9.52. The maximum Gasteiger partial charge on any atom is 0.246 e. The van der Waals surface area contributed by atoms with Crippen molar-refractivity contribution < 1.29 is 9.18 Å². The van der Waals surface area contributed by atoms with E-state index in [9.17, 15) is 9.18 Å². The summed E-state index contributed by atoms with van der Waals surface area (Å²) in [6.07, 6.45) is 5.33. The van der Waals surface area contributed by atoms with Crippen LogP contribution in [0.3, 0.4) is 0 Å². The van der Waals surface area contributed by atoms with Crippen molar-refractivity contribution in [1.82, 2.24) is 34.2 Å². The predicted octanol–water partition coefficient (Wildman–Crippen LogP) is 3.52. The number of nitrogens with two attached hydrogens (primary N) is 1. The number of aryl methyl sites for hydroxylation is 1. The summed E-state index contributed by atoms with van der Waals surface area (Å²) in [5.74, 6) is 5.64. The maximum atomic E-state index is 14.9. The van der Waals surface area contributed by atoms with Gasteiger partial charge in [-0.05, 0) is 24.5 Å². The quantitative estimate of drug-likeness (QED) is 0.293. The first-order valence-corrected chi connectivity index (χ1v) is 12.5. The number of fused-ring (bicyclic) bond motifs is 2. The third-order valence-electron chi connectivity index (χ3n) is 6.59. The lowest BCUT2D eigenvalue weighted by atomic mass is 10.1. The summed E-state index contributed by atoms with van der Waals surface area (Å²) >= 11 is 1.47. The van der Waals surface area contributed by atoms with Gasteiger partial charge in [0, 0.05) is 43.3 Å². The molecule has 1 aromatic carbocycles. The third-order valence-corrected chi connectivity index (χ3v) is 7.17. The second-order valence-electron chi connectivity index (χ2n) is 8.80. The highest BCUT2D eigenvalue weighted by Gasteiger charge is 2.30. The average molecular weight is 513 g/mol. The molecule has 184 valence electrons. The highest BCUT2D eigenvalue weighted by molar-refractivity contribution is 7.07. The van der Waals surface area contributed by atoms with Gasteiger partial charge in [-0.15, -0.1) is 11.3 Å². The van der Waals surface area contributed by atoms with Gasteiger partial charge in [-0.25, -0.2) is 19.3 Å². The summed E-state index contributed by atoms with van der Waals surface area (Å²) < 4.78 is 18.5. The van der Waals surface area contributed by atoms with Crippen LogP contribution in [0, 0.1) is 17.7 Å². The molecule has 4 aromatic heterocycles. The summed E-state index contributed by atoms with van der Waals surface area (Å²) in [5, 5.41) is 7.33. The van der Waals surface area contributed by atoms with Crippen molar-refractivity contribution >= 4 is 45.0 Å². The number of benzene rings is 1. The van der Waals surface area contributed by atoms with Gasteiger partial charge < -0.3 is 15.2 Å². The molecular formula is C26H21FN8OS. The number of anilines is 1. The number of hydrogen-bond donors (Lipinski definition) is 1. The van der Waals surface area contributed by atoms with Gasteiger partial charge in [-0.1, -0.05) is 12.5 Å². The first-order chi connectivity index (χ1) is 17.9. The minimum absolute atomic E-state index is 0.109. The standard InChI is InChI=1S/C26H21FN8OS/c1-3-23(36)34-7-6-16(11-34)35-25-17(21-12-37-14-31-21)10-29-26(28)24(25)19(32-35)5-4-15-8-20-22(9-18(15)27)33(2)13-30-20/h3,8-10,12-14,16H,1,6-7,11H2,2H3,(H2,28,29)/t16-/m0/s1. The van der Waals surface area contributed by atoms with E-state index in [1.807, 2.05) is 10.1 Å². The highest BCUT2D eigenvalue weighted by Crippen LogP contribution is 2.36. The van der Waals surface area contributed by atoms with E-state index in [0.717, 1.165) is 16.8 Å². The van der Waals surface area contributed by atoms with Crippen molar-refractivity contribution in [2.75, 3.05) is 18.8 Å². The van der Waals surface area contributed by atoms with Gasteiger partial charge in [0.2, 0.25) is 5.91 Å². The van der Waals surface area contributed by atoms with E-state index in [4.69, 9.17) is 10.8 Å². The van der Waals surface area contributed by atoms with Crippen molar-refractivity contribution in [3.8, 4) is 23.1 Å². The van der Waals surface area contributed by atoms with Crippen LogP contribution in [0.1, 0.15) is 23.7 Å². The zero-order valence-electron chi connectivity index (χ0n) is 19.8. The van der Waals surface area contributed by atoms with Crippen LogP contribution in [-0.4, -0.2) is 53.2 Å². The molecule has 37 heavy (non-hydrogen) atoms. The van der Waals surface area contributed by atoms with Gasteiger partial charge in [-0.2, -0.15) is 5.10 Å². The van der Waals surface area contributed by atoms with E-state index in [1.54, 1.807) is 40.6 Å². The van der Waals surface area contributed by atoms with Crippen LogP contribution in [0.4, 0.5) is 10.2 Å². The minimum atomic E-state index is -0.448. The number of thiazole rings is 1. The van der Waals surface area contributed by atoms with Crippen LogP contribution in [0.5, 0.6) is 0 Å². The van der Waals surface area contributed by atoms with E-state index >= 15 is 0 Å². The first kappa shape index (κ1) is 22.9. The van der Waals surface area contributed by atoms with E-state index in [0.29, 0.717) is 41.6 Å². The number of amides is 1. The Morgan fingerprint density at radius 2 is 2.16 bits per heavy atom. The fourth-order valence-corrected chi connectivity index (χ4v) is 5.27. The number of imidazole rings is 1. The molecule has 1 aliphatic rings. The van der Waals surface area contributed by atoms with Gasteiger partial charge in [0.1, 0.15) is 17.3 Å². The second kappa shape index (κ2) is 8.83.